The zero-order valence-corrected chi connectivity index (χ0v) is 16.4. The summed E-state index contributed by atoms with van der Waals surface area (Å²) in [5.74, 6) is 0.699. The lowest BCUT2D eigenvalue weighted by Gasteiger charge is -2.10. The number of ether oxygens (including phenoxy) is 3. The molecule has 0 radical (unpaired) electrons. The quantitative estimate of drug-likeness (QED) is 0.341. The van der Waals surface area contributed by atoms with E-state index in [1.165, 1.54) is 31.6 Å². The molecule has 0 aliphatic heterocycles. The maximum Gasteiger partial charge on any atom is 0.343 e. The highest BCUT2D eigenvalue weighted by Gasteiger charge is 2.14. The Bertz CT molecular complexity index is 1270. The number of rotatable bonds is 5. The summed E-state index contributed by atoms with van der Waals surface area (Å²) >= 11 is 0. The van der Waals surface area contributed by atoms with Gasteiger partial charge in [-0.15, -0.1) is 0 Å². The molecule has 1 heterocycles. The first kappa shape index (κ1) is 19.3. The van der Waals surface area contributed by atoms with Crippen molar-refractivity contribution in [2.75, 3.05) is 7.11 Å². The summed E-state index contributed by atoms with van der Waals surface area (Å²) in [6.45, 7) is 1.94. The first-order chi connectivity index (χ1) is 14.5. The predicted molar refractivity (Wildman–Crippen MR) is 112 cm³/mol. The third-order valence-corrected chi connectivity index (χ3v) is 4.50. The summed E-state index contributed by atoms with van der Waals surface area (Å²) in [7, 11) is 1.52. The molecule has 0 fully saturated rings. The maximum absolute atomic E-state index is 12.8. The Labute approximate surface area is 172 Å². The summed E-state index contributed by atoms with van der Waals surface area (Å²) in [5.41, 5.74) is 1.41. The molecule has 0 amide bonds. The van der Waals surface area contributed by atoms with Gasteiger partial charge in [0, 0.05) is 6.07 Å². The zero-order valence-electron chi connectivity index (χ0n) is 16.4. The lowest BCUT2D eigenvalue weighted by atomic mass is 10.1. The average molecular weight is 402 g/mol. The third-order valence-electron chi connectivity index (χ3n) is 4.50. The van der Waals surface area contributed by atoms with Crippen molar-refractivity contribution in [1.82, 2.24) is 0 Å². The fourth-order valence-corrected chi connectivity index (χ4v) is 2.90. The van der Waals surface area contributed by atoms with E-state index in [4.69, 9.17) is 18.6 Å². The van der Waals surface area contributed by atoms with Gasteiger partial charge in [0.15, 0.2) is 11.5 Å². The molecule has 3 aromatic carbocycles. The van der Waals surface area contributed by atoms with Crippen LogP contribution in [0, 0.1) is 6.92 Å². The first-order valence-corrected chi connectivity index (χ1v) is 9.20. The molecule has 0 saturated carbocycles. The van der Waals surface area contributed by atoms with Gasteiger partial charge in [-0.3, -0.25) is 4.79 Å². The van der Waals surface area contributed by atoms with Gasteiger partial charge >= 0.3 is 5.97 Å². The number of esters is 1. The van der Waals surface area contributed by atoms with E-state index in [1.54, 1.807) is 36.4 Å². The third kappa shape index (κ3) is 3.89. The Hall–Kier alpha value is -4.06. The van der Waals surface area contributed by atoms with Gasteiger partial charge < -0.3 is 18.6 Å². The van der Waals surface area contributed by atoms with Crippen LogP contribution in [0.1, 0.15) is 15.9 Å². The number of aryl methyl sites for hydroxylation is 1. The minimum Gasteiger partial charge on any atom is -0.493 e. The molecule has 4 aromatic rings. The molecule has 0 aliphatic rings. The second-order valence-electron chi connectivity index (χ2n) is 6.60. The van der Waals surface area contributed by atoms with Crippen molar-refractivity contribution in [2.24, 2.45) is 0 Å². The van der Waals surface area contributed by atoms with Crippen LogP contribution in [-0.4, -0.2) is 13.1 Å². The van der Waals surface area contributed by atoms with Crippen molar-refractivity contribution in [3.05, 3.63) is 94.3 Å². The second-order valence-corrected chi connectivity index (χ2v) is 6.60. The lowest BCUT2D eigenvalue weighted by molar-refractivity contribution is 0.0735. The van der Waals surface area contributed by atoms with E-state index in [2.05, 4.69) is 0 Å². The monoisotopic (exact) mass is 402 g/mol. The zero-order chi connectivity index (χ0) is 21.1. The average Bonchev–Trinajstić information content (AvgIpc) is 2.76. The molecule has 6 heteroatoms. The Kier molecular flexibility index (Phi) is 5.22. The highest BCUT2D eigenvalue weighted by atomic mass is 16.5. The van der Waals surface area contributed by atoms with Crippen LogP contribution in [0.3, 0.4) is 0 Å². The molecule has 0 saturated heterocycles. The SMILES string of the molecule is COc1ccccc1Oc1coc2cc(OC(=O)c3ccc(C)cc3)ccc2c1=O. The Balaban J connectivity index is 1.60. The van der Waals surface area contributed by atoms with Gasteiger partial charge in [0.25, 0.3) is 0 Å². The molecule has 0 N–H and O–H groups in total. The van der Waals surface area contributed by atoms with Crippen molar-refractivity contribution in [1.29, 1.82) is 0 Å². The van der Waals surface area contributed by atoms with Crippen LogP contribution in [0.15, 0.2) is 82.2 Å². The van der Waals surface area contributed by atoms with Gasteiger partial charge in [-0.1, -0.05) is 29.8 Å². The summed E-state index contributed by atoms with van der Waals surface area (Å²) < 4.78 is 21.9. The molecule has 0 aliphatic carbocycles. The molecular formula is C24H18O6. The predicted octanol–water partition coefficient (Wildman–Crippen LogP) is 5.12. The number of hydrogen-bond donors (Lipinski definition) is 0. The molecule has 150 valence electrons. The van der Waals surface area contributed by atoms with Crippen LogP contribution >= 0.6 is 0 Å². The van der Waals surface area contributed by atoms with Gasteiger partial charge in [0.1, 0.15) is 17.6 Å². The molecule has 0 bridgehead atoms. The number of methoxy groups -OCH3 is 1. The van der Waals surface area contributed by atoms with Crippen LogP contribution in [0.4, 0.5) is 0 Å². The molecule has 0 atom stereocenters. The Morgan fingerprint density at radius 1 is 0.900 bits per heavy atom. The van der Waals surface area contributed by atoms with E-state index in [9.17, 15) is 9.59 Å². The minimum absolute atomic E-state index is 0.0244. The van der Waals surface area contributed by atoms with Crippen LogP contribution in [0.5, 0.6) is 23.0 Å². The van der Waals surface area contributed by atoms with E-state index in [0.717, 1.165) is 5.56 Å². The van der Waals surface area contributed by atoms with Crippen LogP contribution < -0.4 is 19.6 Å². The minimum atomic E-state index is -0.493. The standard InChI is InChI=1S/C24H18O6/c1-15-7-9-16(10-8-15)24(26)29-17-11-12-18-21(13-17)28-14-22(23(18)25)30-20-6-4-3-5-19(20)27-2/h3-14H,1-2H3. The first-order valence-electron chi connectivity index (χ1n) is 9.20. The number of hydrogen-bond acceptors (Lipinski definition) is 6. The summed E-state index contributed by atoms with van der Waals surface area (Å²) in [6, 6.07) is 18.6. The van der Waals surface area contributed by atoms with Gasteiger partial charge in [-0.2, -0.15) is 0 Å². The van der Waals surface area contributed by atoms with E-state index in [-0.39, 0.29) is 22.5 Å². The Morgan fingerprint density at radius 2 is 1.63 bits per heavy atom. The van der Waals surface area contributed by atoms with Gasteiger partial charge in [0.2, 0.25) is 11.2 Å². The number of benzene rings is 3. The smallest absolute Gasteiger partial charge is 0.343 e. The number of fused-ring (bicyclic) bond motifs is 1. The fourth-order valence-electron chi connectivity index (χ4n) is 2.90. The van der Waals surface area contributed by atoms with Gasteiger partial charge in [0.05, 0.1) is 18.1 Å². The molecule has 0 spiro atoms. The normalized spacial score (nSPS) is 10.6. The lowest BCUT2D eigenvalue weighted by Crippen LogP contribution is -2.09. The van der Waals surface area contributed by atoms with Crippen LogP contribution in [0.25, 0.3) is 11.0 Å². The van der Waals surface area contributed by atoms with E-state index in [1.807, 2.05) is 19.1 Å². The largest absolute Gasteiger partial charge is 0.493 e. The van der Waals surface area contributed by atoms with E-state index in [0.29, 0.717) is 22.4 Å². The molecule has 4 rings (SSSR count). The Morgan fingerprint density at radius 3 is 2.37 bits per heavy atom. The molecular weight excluding hydrogens is 384 g/mol. The van der Waals surface area contributed by atoms with E-state index < -0.39 is 5.97 Å². The number of carbonyl (C=O) groups excluding carboxylic acids is 1. The maximum atomic E-state index is 12.8. The molecule has 0 unspecified atom stereocenters. The van der Waals surface area contributed by atoms with Crippen LogP contribution in [-0.2, 0) is 0 Å². The van der Waals surface area contributed by atoms with Crippen molar-refractivity contribution in [3.8, 4) is 23.0 Å². The van der Waals surface area contributed by atoms with Crippen molar-refractivity contribution < 1.29 is 23.4 Å². The topological polar surface area (TPSA) is 75.0 Å². The summed E-state index contributed by atoms with van der Waals surface area (Å²) in [4.78, 5) is 25.1. The second kappa shape index (κ2) is 8.13. The van der Waals surface area contributed by atoms with Crippen molar-refractivity contribution in [2.45, 2.75) is 6.92 Å². The number of carbonyl (C=O) groups is 1. The van der Waals surface area contributed by atoms with Crippen molar-refractivity contribution >= 4 is 16.9 Å². The molecule has 6 nitrogen and oxygen atoms in total. The highest BCUT2D eigenvalue weighted by molar-refractivity contribution is 5.91. The van der Waals surface area contributed by atoms with E-state index >= 15 is 0 Å². The van der Waals surface area contributed by atoms with Gasteiger partial charge in [-0.05, 0) is 43.3 Å². The molecule has 1 aromatic heterocycles. The van der Waals surface area contributed by atoms with Gasteiger partial charge in [-0.25, -0.2) is 4.79 Å². The van der Waals surface area contributed by atoms with Crippen molar-refractivity contribution in [3.63, 3.8) is 0 Å². The summed E-state index contributed by atoms with van der Waals surface area (Å²) in [5, 5.41) is 0.303. The van der Waals surface area contributed by atoms with Crippen LogP contribution in [0.2, 0.25) is 0 Å². The fraction of sp³-hybridized carbons (Fsp3) is 0.0833. The highest BCUT2D eigenvalue weighted by Crippen LogP contribution is 2.30. The summed E-state index contributed by atoms with van der Waals surface area (Å²) in [6.07, 6.45) is 1.22. The number of para-hydroxylation sites is 2. The molecule has 30 heavy (non-hydrogen) atoms.